The molecule has 4 aliphatic rings. The zero-order valence-electron chi connectivity index (χ0n) is 14.2. The Hall–Kier alpha value is -0.200. The third-order valence-electron chi connectivity index (χ3n) is 6.18. The molecule has 134 valence electrons. The van der Waals surface area contributed by atoms with E-state index in [0.29, 0.717) is 31.7 Å². The highest BCUT2D eigenvalue weighted by Crippen LogP contribution is 2.60. The molecule has 4 bridgehead atoms. The van der Waals surface area contributed by atoms with Crippen LogP contribution in [0.5, 0.6) is 0 Å². The summed E-state index contributed by atoms with van der Waals surface area (Å²) in [7, 11) is 0. The highest BCUT2D eigenvalue weighted by atomic mass is 16.5. The molecule has 0 aromatic rings. The van der Waals surface area contributed by atoms with Crippen LogP contribution in [-0.4, -0.2) is 72.4 Å². The molecule has 3 N–H and O–H groups in total. The van der Waals surface area contributed by atoms with Crippen molar-refractivity contribution in [2.45, 2.75) is 44.6 Å². The molecular weight excluding hydrogens is 294 g/mol. The van der Waals surface area contributed by atoms with Gasteiger partial charge < -0.3 is 20.1 Å². The summed E-state index contributed by atoms with van der Waals surface area (Å²) in [5.74, 6) is 2.79. The SMILES string of the molecule is OCCN(CCO)C[C@@H](O)COCC12CC3CC(CC(C3)C1)C2. The Morgan fingerprint density at radius 1 is 0.957 bits per heavy atom. The van der Waals surface area contributed by atoms with Crippen molar-refractivity contribution in [2.75, 3.05) is 46.1 Å². The fourth-order valence-electron chi connectivity index (χ4n) is 5.81. The van der Waals surface area contributed by atoms with E-state index in [4.69, 9.17) is 14.9 Å². The van der Waals surface area contributed by atoms with Crippen LogP contribution in [-0.2, 0) is 4.74 Å². The van der Waals surface area contributed by atoms with Crippen molar-refractivity contribution in [3.8, 4) is 0 Å². The van der Waals surface area contributed by atoms with Gasteiger partial charge in [-0.1, -0.05) is 0 Å². The molecule has 4 saturated carbocycles. The first-order valence-electron chi connectivity index (χ1n) is 9.32. The number of hydrogen-bond acceptors (Lipinski definition) is 5. The van der Waals surface area contributed by atoms with E-state index in [0.717, 1.165) is 24.4 Å². The van der Waals surface area contributed by atoms with E-state index in [1.807, 2.05) is 4.90 Å². The summed E-state index contributed by atoms with van der Waals surface area (Å²) in [6.45, 7) is 2.64. The molecule has 5 nitrogen and oxygen atoms in total. The lowest BCUT2D eigenvalue weighted by Crippen LogP contribution is -2.48. The molecule has 1 atom stereocenters. The molecule has 0 aromatic carbocycles. The molecule has 0 spiro atoms. The van der Waals surface area contributed by atoms with E-state index in [1.165, 1.54) is 38.5 Å². The fourth-order valence-corrected chi connectivity index (χ4v) is 5.81. The largest absolute Gasteiger partial charge is 0.395 e. The molecule has 4 rings (SSSR count). The molecule has 0 aromatic heterocycles. The zero-order chi connectivity index (χ0) is 16.3. The predicted octanol–water partition coefficient (Wildman–Crippen LogP) is 0.867. The van der Waals surface area contributed by atoms with Crippen molar-refractivity contribution < 1.29 is 20.1 Å². The van der Waals surface area contributed by atoms with Gasteiger partial charge in [-0.2, -0.15) is 0 Å². The second-order valence-electron chi connectivity index (χ2n) is 8.33. The highest BCUT2D eigenvalue weighted by Gasteiger charge is 2.50. The van der Waals surface area contributed by atoms with Crippen LogP contribution in [0.1, 0.15) is 38.5 Å². The molecule has 0 saturated heterocycles. The molecule has 0 heterocycles. The van der Waals surface area contributed by atoms with Crippen molar-refractivity contribution in [3.63, 3.8) is 0 Å². The van der Waals surface area contributed by atoms with Crippen LogP contribution < -0.4 is 0 Å². The van der Waals surface area contributed by atoms with Crippen molar-refractivity contribution in [1.82, 2.24) is 4.90 Å². The minimum atomic E-state index is -0.554. The van der Waals surface area contributed by atoms with Gasteiger partial charge in [0.05, 0.1) is 32.5 Å². The van der Waals surface area contributed by atoms with Crippen molar-refractivity contribution in [3.05, 3.63) is 0 Å². The minimum absolute atomic E-state index is 0.0425. The second-order valence-corrected chi connectivity index (χ2v) is 8.33. The molecule has 23 heavy (non-hydrogen) atoms. The normalized spacial score (nSPS) is 36.8. The molecule has 4 aliphatic carbocycles. The lowest BCUT2D eigenvalue weighted by molar-refractivity contribution is -0.107. The van der Waals surface area contributed by atoms with Gasteiger partial charge >= 0.3 is 0 Å². The number of aliphatic hydroxyl groups excluding tert-OH is 3. The van der Waals surface area contributed by atoms with Gasteiger partial charge in [0.25, 0.3) is 0 Å². The standard InChI is InChI=1S/C18H33NO4/c20-3-1-19(2-4-21)11-17(22)12-23-13-18-8-14-5-15(9-18)7-16(6-14)10-18/h14-17,20-22H,1-13H2/t14?,15?,16?,17-,18?/m1/s1. The summed E-state index contributed by atoms with van der Waals surface area (Å²) in [6.07, 6.45) is 7.77. The minimum Gasteiger partial charge on any atom is -0.395 e. The van der Waals surface area contributed by atoms with Gasteiger partial charge in [-0.3, -0.25) is 4.90 Å². The molecule has 0 aliphatic heterocycles. The van der Waals surface area contributed by atoms with E-state index in [-0.39, 0.29) is 13.2 Å². The van der Waals surface area contributed by atoms with Crippen LogP contribution in [0.25, 0.3) is 0 Å². The Labute approximate surface area is 139 Å². The first-order chi connectivity index (χ1) is 11.1. The average Bonchev–Trinajstić information content (AvgIpc) is 2.46. The Morgan fingerprint density at radius 2 is 1.48 bits per heavy atom. The van der Waals surface area contributed by atoms with E-state index in [1.54, 1.807) is 0 Å². The first kappa shape index (κ1) is 17.6. The van der Waals surface area contributed by atoms with E-state index in [2.05, 4.69) is 0 Å². The van der Waals surface area contributed by atoms with Crippen molar-refractivity contribution in [2.24, 2.45) is 23.2 Å². The van der Waals surface area contributed by atoms with Gasteiger partial charge in [0, 0.05) is 19.6 Å². The van der Waals surface area contributed by atoms with Crippen molar-refractivity contribution >= 4 is 0 Å². The highest BCUT2D eigenvalue weighted by molar-refractivity contribution is 5.01. The Morgan fingerprint density at radius 3 is 1.96 bits per heavy atom. The summed E-state index contributed by atoms with van der Waals surface area (Å²) in [6, 6.07) is 0. The maximum Gasteiger partial charge on any atom is 0.0900 e. The summed E-state index contributed by atoms with van der Waals surface area (Å²) in [4.78, 5) is 1.87. The van der Waals surface area contributed by atoms with E-state index < -0.39 is 6.10 Å². The monoisotopic (exact) mass is 327 g/mol. The summed E-state index contributed by atoms with van der Waals surface area (Å²) < 4.78 is 5.94. The second kappa shape index (κ2) is 7.79. The predicted molar refractivity (Wildman–Crippen MR) is 88.0 cm³/mol. The molecular formula is C18H33NO4. The first-order valence-corrected chi connectivity index (χ1v) is 9.32. The van der Waals surface area contributed by atoms with Gasteiger partial charge in [-0.05, 0) is 61.7 Å². The summed E-state index contributed by atoms with van der Waals surface area (Å²) in [5, 5.41) is 28.2. The van der Waals surface area contributed by atoms with Gasteiger partial charge in [-0.25, -0.2) is 0 Å². The van der Waals surface area contributed by atoms with Gasteiger partial charge in [0.15, 0.2) is 0 Å². The lowest BCUT2D eigenvalue weighted by atomic mass is 9.50. The van der Waals surface area contributed by atoms with Gasteiger partial charge in [0.2, 0.25) is 0 Å². The van der Waals surface area contributed by atoms with Gasteiger partial charge in [0.1, 0.15) is 0 Å². The van der Waals surface area contributed by atoms with E-state index in [9.17, 15) is 5.11 Å². The van der Waals surface area contributed by atoms with Crippen LogP contribution >= 0.6 is 0 Å². The average molecular weight is 327 g/mol. The summed E-state index contributed by atoms with van der Waals surface area (Å²) in [5.41, 5.74) is 0.393. The lowest BCUT2D eigenvalue weighted by Gasteiger charge is -2.56. The Kier molecular flexibility index (Phi) is 5.97. The molecule has 4 fully saturated rings. The molecule has 0 radical (unpaired) electrons. The number of ether oxygens (including phenoxy) is 1. The third-order valence-corrected chi connectivity index (χ3v) is 6.18. The molecule has 5 heteroatoms. The van der Waals surface area contributed by atoms with Crippen LogP contribution in [0.2, 0.25) is 0 Å². The summed E-state index contributed by atoms with van der Waals surface area (Å²) >= 11 is 0. The topological polar surface area (TPSA) is 73.2 Å². The van der Waals surface area contributed by atoms with Crippen LogP contribution in [0.3, 0.4) is 0 Å². The van der Waals surface area contributed by atoms with Crippen molar-refractivity contribution in [1.29, 1.82) is 0 Å². The number of aliphatic hydroxyl groups is 3. The maximum atomic E-state index is 10.2. The fraction of sp³-hybridized carbons (Fsp3) is 1.00. The van der Waals surface area contributed by atoms with Crippen LogP contribution in [0.15, 0.2) is 0 Å². The zero-order valence-corrected chi connectivity index (χ0v) is 14.2. The van der Waals surface area contributed by atoms with E-state index >= 15 is 0 Å². The smallest absolute Gasteiger partial charge is 0.0900 e. The molecule has 0 unspecified atom stereocenters. The molecule has 0 amide bonds. The Balaban J connectivity index is 1.40. The number of hydrogen-bond donors (Lipinski definition) is 3. The number of nitrogens with zero attached hydrogens (tertiary/aromatic N) is 1. The van der Waals surface area contributed by atoms with Gasteiger partial charge in [-0.15, -0.1) is 0 Å². The maximum absolute atomic E-state index is 10.2. The number of rotatable bonds is 10. The quantitative estimate of drug-likeness (QED) is 0.555. The third kappa shape index (κ3) is 4.45. The Bertz CT molecular complexity index is 335. The van der Waals surface area contributed by atoms with Crippen LogP contribution in [0, 0.1) is 23.2 Å². The van der Waals surface area contributed by atoms with Crippen LogP contribution in [0.4, 0.5) is 0 Å².